The molecule has 0 spiro atoms. The number of allylic oxidation sites excluding steroid dienone is 2. The van der Waals surface area contributed by atoms with Crippen molar-refractivity contribution in [2.24, 2.45) is 23.7 Å². The van der Waals surface area contributed by atoms with Gasteiger partial charge in [-0.05, 0) is 44.6 Å². The van der Waals surface area contributed by atoms with Crippen molar-refractivity contribution in [3.63, 3.8) is 0 Å². The van der Waals surface area contributed by atoms with Gasteiger partial charge in [0.25, 0.3) is 0 Å². The van der Waals surface area contributed by atoms with Crippen molar-refractivity contribution in [2.45, 2.75) is 33.7 Å². The van der Waals surface area contributed by atoms with Crippen molar-refractivity contribution >= 4 is 17.5 Å². The molecule has 2 aliphatic carbocycles. The van der Waals surface area contributed by atoms with Crippen molar-refractivity contribution in [1.29, 1.82) is 0 Å². The number of aryl methyl sites for hydroxylation is 2. The summed E-state index contributed by atoms with van der Waals surface area (Å²) in [5.41, 5.74) is 4.66. The molecule has 5 rings (SSSR count). The van der Waals surface area contributed by atoms with Crippen LogP contribution in [0.4, 0.5) is 5.69 Å². The summed E-state index contributed by atoms with van der Waals surface area (Å²) in [4.78, 5) is 27.7. The SMILES string of the molecule is Cc1ccc(Cn2nc(C)c(N3C(=O)[C@H]4[C@H](C3=O)[C@H]3C=C[C@H]4C3)c2C)cc1. The zero-order chi connectivity index (χ0) is 18.9. The molecule has 1 aliphatic heterocycles. The van der Waals surface area contributed by atoms with Gasteiger partial charge < -0.3 is 0 Å². The highest BCUT2D eigenvalue weighted by molar-refractivity contribution is 6.23. The predicted molar refractivity (Wildman–Crippen MR) is 102 cm³/mol. The number of nitrogens with zero attached hydrogens (tertiary/aromatic N) is 3. The summed E-state index contributed by atoms with van der Waals surface area (Å²) in [6.07, 6.45) is 5.20. The Morgan fingerprint density at radius 3 is 2.15 bits per heavy atom. The van der Waals surface area contributed by atoms with E-state index in [1.807, 2.05) is 18.5 Å². The molecule has 2 fully saturated rings. The van der Waals surface area contributed by atoms with Crippen LogP contribution < -0.4 is 4.90 Å². The van der Waals surface area contributed by atoms with Crippen molar-refractivity contribution in [1.82, 2.24) is 9.78 Å². The molecule has 0 radical (unpaired) electrons. The lowest BCUT2D eigenvalue weighted by Gasteiger charge is -2.18. The molecule has 1 saturated heterocycles. The van der Waals surface area contributed by atoms with Gasteiger partial charge in [0.15, 0.2) is 0 Å². The maximum atomic E-state index is 13.1. The van der Waals surface area contributed by atoms with Gasteiger partial charge in [-0.3, -0.25) is 14.3 Å². The minimum atomic E-state index is -0.174. The van der Waals surface area contributed by atoms with Gasteiger partial charge in [0.2, 0.25) is 11.8 Å². The van der Waals surface area contributed by atoms with Gasteiger partial charge in [0, 0.05) is 0 Å². The zero-order valence-corrected chi connectivity index (χ0v) is 15.8. The summed E-state index contributed by atoms with van der Waals surface area (Å²) >= 11 is 0. The van der Waals surface area contributed by atoms with Crippen molar-refractivity contribution < 1.29 is 9.59 Å². The Bertz CT molecular complexity index is 956. The number of imide groups is 1. The number of aromatic nitrogens is 2. The first-order chi connectivity index (χ1) is 13.0. The third kappa shape index (κ3) is 2.27. The van der Waals surface area contributed by atoms with Gasteiger partial charge in [0.05, 0.1) is 35.5 Å². The fourth-order valence-corrected chi connectivity index (χ4v) is 5.15. The second-order valence-electron chi connectivity index (χ2n) is 8.17. The molecule has 3 aliphatic rings. The Labute approximate surface area is 158 Å². The van der Waals surface area contributed by atoms with Crippen molar-refractivity contribution in [2.75, 3.05) is 4.90 Å². The Morgan fingerprint density at radius 2 is 1.56 bits per heavy atom. The maximum absolute atomic E-state index is 13.1. The van der Waals surface area contributed by atoms with Gasteiger partial charge in [-0.15, -0.1) is 0 Å². The molecule has 1 aromatic heterocycles. The van der Waals surface area contributed by atoms with Crippen LogP contribution in [-0.2, 0) is 16.1 Å². The summed E-state index contributed by atoms with van der Waals surface area (Å²) in [6.45, 7) is 6.53. The molecule has 1 saturated carbocycles. The quantitative estimate of drug-likeness (QED) is 0.623. The largest absolute Gasteiger partial charge is 0.274 e. The number of amides is 2. The number of hydrogen-bond acceptors (Lipinski definition) is 3. The summed E-state index contributed by atoms with van der Waals surface area (Å²) in [6, 6.07) is 8.34. The molecule has 0 unspecified atom stereocenters. The lowest BCUT2D eigenvalue weighted by molar-refractivity contribution is -0.123. The first-order valence-corrected chi connectivity index (χ1v) is 9.61. The average Bonchev–Trinajstić information content (AvgIpc) is 3.37. The summed E-state index contributed by atoms with van der Waals surface area (Å²) in [5.74, 6) is 0.0266. The van der Waals surface area contributed by atoms with Gasteiger partial charge in [0.1, 0.15) is 0 Å². The third-order valence-electron chi connectivity index (χ3n) is 6.49. The second kappa shape index (κ2) is 5.65. The van der Waals surface area contributed by atoms with Gasteiger partial charge in [-0.2, -0.15) is 5.10 Å². The highest BCUT2D eigenvalue weighted by Crippen LogP contribution is 2.53. The first-order valence-electron chi connectivity index (χ1n) is 9.61. The average molecular weight is 361 g/mol. The number of benzene rings is 1. The van der Waals surface area contributed by atoms with E-state index in [4.69, 9.17) is 0 Å². The Morgan fingerprint density at radius 1 is 0.963 bits per heavy atom. The first kappa shape index (κ1) is 16.5. The molecule has 5 heteroatoms. The van der Waals surface area contributed by atoms with E-state index < -0.39 is 0 Å². The van der Waals surface area contributed by atoms with E-state index >= 15 is 0 Å². The number of anilines is 1. The summed E-state index contributed by atoms with van der Waals surface area (Å²) in [5, 5.41) is 4.64. The molecule has 2 bridgehead atoms. The van der Waals surface area contributed by atoms with Gasteiger partial charge in [-0.1, -0.05) is 42.0 Å². The van der Waals surface area contributed by atoms with Crippen LogP contribution in [0.3, 0.4) is 0 Å². The van der Waals surface area contributed by atoms with E-state index in [0.717, 1.165) is 23.4 Å². The normalized spacial score (nSPS) is 28.5. The van der Waals surface area contributed by atoms with Crippen molar-refractivity contribution in [3.05, 3.63) is 58.9 Å². The van der Waals surface area contributed by atoms with Crippen LogP contribution in [-0.4, -0.2) is 21.6 Å². The molecular weight excluding hydrogens is 338 g/mol. The predicted octanol–water partition coefficient (Wildman–Crippen LogP) is 3.17. The molecular formula is C22H23N3O2. The van der Waals surface area contributed by atoms with Gasteiger partial charge in [-0.25, -0.2) is 4.90 Å². The van der Waals surface area contributed by atoms with Crippen LogP contribution in [0.1, 0.15) is 28.9 Å². The molecule has 2 amide bonds. The minimum Gasteiger partial charge on any atom is -0.274 e. The lowest BCUT2D eigenvalue weighted by atomic mass is 9.85. The van der Waals surface area contributed by atoms with E-state index in [9.17, 15) is 9.59 Å². The Balaban J connectivity index is 1.49. The fourth-order valence-electron chi connectivity index (χ4n) is 5.15. The summed E-state index contributed by atoms with van der Waals surface area (Å²) in [7, 11) is 0. The molecule has 5 nitrogen and oxygen atoms in total. The molecule has 4 atom stereocenters. The molecule has 2 heterocycles. The minimum absolute atomic E-state index is 0.0389. The number of rotatable bonds is 3. The highest BCUT2D eigenvalue weighted by Gasteiger charge is 2.60. The van der Waals surface area contributed by atoms with Crippen molar-refractivity contribution in [3.8, 4) is 0 Å². The standard InChI is InChI=1S/C22H23N3O2/c1-12-4-6-15(7-5-12)11-24-14(3)20(13(2)23-24)25-21(26)18-16-8-9-17(10-16)19(18)22(25)27/h4-9,16-19H,10-11H2,1-3H3/t16-,17-,18+,19+/m0/s1. The number of carbonyl (C=O) groups excluding carboxylic acids is 2. The molecule has 138 valence electrons. The van der Waals surface area contributed by atoms with Crippen LogP contribution >= 0.6 is 0 Å². The third-order valence-corrected chi connectivity index (χ3v) is 6.49. The van der Waals surface area contributed by atoms with Crippen LogP contribution in [0.2, 0.25) is 0 Å². The number of carbonyl (C=O) groups is 2. The fraction of sp³-hybridized carbons (Fsp3) is 0.409. The van der Waals surface area contributed by atoms with E-state index in [1.54, 1.807) is 0 Å². The van der Waals surface area contributed by atoms with E-state index in [0.29, 0.717) is 12.2 Å². The molecule has 2 aromatic rings. The smallest absolute Gasteiger partial charge is 0.238 e. The molecule has 27 heavy (non-hydrogen) atoms. The lowest BCUT2D eigenvalue weighted by Crippen LogP contribution is -2.33. The van der Waals surface area contributed by atoms with Crippen LogP contribution in [0, 0.1) is 44.4 Å². The van der Waals surface area contributed by atoms with Gasteiger partial charge >= 0.3 is 0 Å². The van der Waals surface area contributed by atoms with E-state index in [2.05, 4.69) is 48.4 Å². The van der Waals surface area contributed by atoms with E-state index in [-0.39, 0.29) is 35.5 Å². The topological polar surface area (TPSA) is 55.2 Å². The highest BCUT2D eigenvalue weighted by atomic mass is 16.2. The second-order valence-corrected chi connectivity index (χ2v) is 8.17. The van der Waals surface area contributed by atoms with Crippen LogP contribution in [0.5, 0.6) is 0 Å². The summed E-state index contributed by atoms with van der Waals surface area (Å²) < 4.78 is 1.90. The van der Waals surface area contributed by atoms with Crippen LogP contribution in [0.25, 0.3) is 0 Å². The molecule has 1 aromatic carbocycles. The van der Waals surface area contributed by atoms with Crippen LogP contribution in [0.15, 0.2) is 36.4 Å². The monoisotopic (exact) mass is 361 g/mol. The zero-order valence-electron chi connectivity index (χ0n) is 15.8. The van der Waals surface area contributed by atoms with E-state index in [1.165, 1.54) is 10.5 Å². The molecule has 0 N–H and O–H groups in total. The number of hydrogen-bond donors (Lipinski definition) is 0. The number of fused-ring (bicyclic) bond motifs is 5. The maximum Gasteiger partial charge on any atom is 0.238 e. The Hall–Kier alpha value is -2.69. The Kier molecular flexibility index (Phi) is 3.45.